The molecule has 7 heteroatoms. The van der Waals surface area contributed by atoms with Crippen LogP contribution < -0.4 is 0 Å². The number of hydrogen-bond donors (Lipinski definition) is 3. The molecule has 0 rings (SSSR count). The number of rotatable bonds is 19. The van der Waals surface area contributed by atoms with E-state index < -0.39 is 35.7 Å². The van der Waals surface area contributed by atoms with Crippen LogP contribution >= 0.6 is 0 Å². The summed E-state index contributed by atoms with van der Waals surface area (Å²) in [6.45, 7) is 9.89. The fraction of sp³-hybridized carbons (Fsp3) is 0.792. The number of carbonyl (C=O) groups is 3. The highest BCUT2D eigenvalue weighted by Gasteiger charge is 2.31. The number of hydrogen-bond acceptors (Lipinski definition) is 3. The van der Waals surface area contributed by atoms with Crippen molar-refractivity contribution in [3.63, 3.8) is 0 Å². The molecule has 0 radical (unpaired) electrons. The molecule has 0 spiro atoms. The molecule has 31 heavy (non-hydrogen) atoms. The van der Waals surface area contributed by atoms with Crippen molar-refractivity contribution in [3.05, 3.63) is 12.2 Å². The largest absolute Gasteiger partial charge is 0.481 e. The predicted octanol–water partition coefficient (Wildman–Crippen LogP) is 4.66. The van der Waals surface area contributed by atoms with Crippen molar-refractivity contribution in [3.8, 4) is 0 Å². The average molecular weight is 443 g/mol. The fourth-order valence-corrected chi connectivity index (χ4v) is 3.56. The summed E-state index contributed by atoms with van der Waals surface area (Å²) in [5.41, 5.74) is 0. The molecule has 7 nitrogen and oxygen atoms in total. The van der Waals surface area contributed by atoms with Crippen LogP contribution in [0.15, 0.2) is 12.2 Å². The minimum Gasteiger partial charge on any atom is -0.481 e. The predicted molar refractivity (Wildman–Crippen MR) is 122 cm³/mol. The van der Waals surface area contributed by atoms with Crippen molar-refractivity contribution in [2.24, 2.45) is 17.8 Å². The van der Waals surface area contributed by atoms with E-state index in [4.69, 9.17) is 0 Å². The van der Waals surface area contributed by atoms with Crippen molar-refractivity contribution in [1.82, 2.24) is 0 Å². The van der Waals surface area contributed by atoms with Crippen LogP contribution in [0.1, 0.15) is 79.1 Å². The maximum absolute atomic E-state index is 11.3. The van der Waals surface area contributed by atoms with Crippen molar-refractivity contribution in [1.29, 1.82) is 0 Å². The Bertz CT molecular complexity index is 515. The smallest absolute Gasteiger partial charge is 0.306 e. The lowest BCUT2D eigenvalue weighted by molar-refractivity contribution is -0.929. The van der Waals surface area contributed by atoms with Crippen LogP contribution in [0.2, 0.25) is 0 Å². The molecular weight excluding hydrogens is 398 g/mol. The van der Waals surface area contributed by atoms with Gasteiger partial charge in [0.15, 0.2) is 0 Å². The van der Waals surface area contributed by atoms with Crippen LogP contribution in [-0.4, -0.2) is 63.9 Å². The summed E-state index contributed by atoms with van der Waals surface area (Å²) in [4.78, 5) is 34.0. The monoisotopic (exact) mass is 442 g/mol. The van der Waals surface area contributed by atoms with Gasteiger partial charge in [0.2, 0.25) is 0 Å². The number of quaternary nitrogens is 1. The van der Waals surface area contributed by atoms with Gasteiger partial charge >= 0.3 is 17.9 Å². The van der Waals surface area contributed by atoms with Gasteiger partial charge < -0.3 is 19.8 Å². The van der Waals surface area contributed by atoms with Gasteiger partial charge in [-0.2, -0.15) is 0 Å². The van der Waals surface area contributed by atoms with Crippen LogP contribution in [0.3, 0.4) is 0 Å². The van der Waals surface area contributed by atoms with Crippen LogP contribution in [0.5, 0.6) is 0 Å². The summed E-state index contributed by atoms with van der Waals surface area (Å²) in [6, 6.07) is 0. The first-order chi connectivity index (χ1) is 14.5. The standard InChI is InChI=1S/C24H43NO6/c1-5-6-7-8-9-10-11-15-25(16-12-19(2)22(26)27,17-13-20(3)23(28)29)18-14-21(4)24(30)31/h7-8,19-21H,5-6,9-18H2,1-4H3,(H2-,26,27,28,29,30,31)/p+1/b8-7+. The lowest BCUT2D eigenvalue weighted by Crippen LogP contribution is -2.52. The molecule has 0 saturated carbocycles. The van der Waals surface area contributed by atoms with Gasteiger partial charge in [-0.3, -0.25) is 14.4 Å². The molecule has 180 valence electrons. The summed E-state index contributed by atoms with van der Waals surface area (Å²) in [7, 11) is 0. The first-order valence-corrected chi connectivity index (χ1v) is 11.7. The number of nitrogens with zero attached hydrogens (tertiary/aromatic N) is 1. The van der Waals surface area contributed by atoms with Crippen LogP contribution in [0.4, 0.5) is 0 Å². The quantitative estimate of drug-likeness (QED) is 0.152. The third-order valence-electron chi connectivity index (χ3n) is 6.25. The Morgan fingerprint density at radius 3 is 1.42 bits per heavy atom. The number of unbranched alkanes of at least 4 members (excludes halogenated alkanes) is 3. The highest BCUT2D eigenvalue weighted by atomic mass is 16.4. The molecule has 0 aliphatic carbocycles. The van der Waals surface area contributed by atoms with Gasteiger partial charge in [0.1, 0.15) is 0 Å². The Labute approximate surface area is 187 Å². The van der Waals surface area contributed by atoms with Crippen LogP contribution in [-0.2, 0) is 14.4 Å². The van der Waals surface area contributed by atoms with E-state index in [0.717, 1.165) is 38.6 Å². The second kappa shape index (κ2) is 15.8. The minimum atomic E-state index is -0.836. The molecule has 0 fully saturated rings. The Balaban J connectivity index is 5.33. The molecule has 0 aromatic carbocycles. The molecule has 0 aromatic heterocycles. The maximum Gasteiger partial charge on any atom is 0.306 e. The fourth-order valence-electron chi connectivity index (χ4n) is 3.56. The SMILES string of the molecule is CCC/C=C/CCCC[N+](CCC(C)C(=O)O)(CCC(C)C(=O)O)CCC(C)C(=O)O. The summed E-state index contributed by atoms with van der Waals surface area (Å²) in [6.07, 6.45) is 11.0. The second-order valence-electron chi connectivity index (χ2n) is 9.08. The highest BCUT2D eigenvalue weighted by Crippen LogP contribution is 2.21. The summed E-state index contributed by atoms with van der Waals surface area (Å²) in [5.74, 6) is -3.96. The molecule has 0 aliphatic heterocycles. The number of carboxylic acid groups (broad SMARTS) is 3. The van der Waals surface area contributed by atoms with E-state index in [0.29, 0.717) is 43.4 Å². The zero-order valence-electron chi connectivity index (χ0n) is 19.9. The van der Waals surface area contributed by atoms with Crippen molar-refractivity contribution in [2.75, 3.05) is 26.2 Å². The number of allylic oxidation sites excluding steroid dienone is 2. The summed E-state index contributed by atoms with van der Waals surface area (Å²) >= 11 is 0. The zero-order chi connectivity index (χ0) is 23.9. The average Bonchev–Trinajstić information content (AvgIpc) is 2.72. The van der Waals surface area contributed by atoms with Gasteiger partial charge in [-0.05, 0) is 25.7 Å². The molecule has 0 heterocycles. The Morgan fingerprint density at radius 2 is 1.06 bits per heavy atom. The van der Waals surface area contributed by atoms with Crippen LogP contribution in [0.25, 0.3) is 0 Å². The number of carboxylic acids is 3. The van der Waals surface area contributed by atoms with E-state index in [-0.39, 0.29) is 0 Å². The molecular formula is C24H44NO6+. The van der Waals surface area contributed by atoms with Gasteiger partial charge in [0.25, 0.3) is 0 Å². The van der Waals surface area contributed by atoms with Gasteiger partial charge in [0.05, 0.1) is 43.9 Å². The van der Waals surface area contributed by atoms with E-state index in [9.17, 15) is 29.7 Å². The lowest BCUT2D eigenvalue weighted by Gasteiger charge is -2.40. The summed E-state index contributed by atoms with van der Waals surface area (Å²) in [5, 5.41) is 27.9. The van der Waals surface area contributed by atoms with Gasteiger partial charge in [-0.15, -0.1) is 0 Å². The maximum atomic E-state index is 11.3. The summed E-state index contributed by atoms with van der Waals surface area (Å²) < 4.78 is 0.589. The van der Waals surface area contributed by atoms with Crippen molar-refractivity contribution < 1.29 is 34.2 Å². The third kappa shape index (κ3) is 13.2. The van der Waals surface area contributed by atoms with E-state index in [2.05, 4.69) is 19.1 Å². The van der Waals surface area contributed by atoms with E-state index >= 15 is 0 Å². The topological polar surface area (TPSA) is 112 Å². The molecule has 3 atom stereocenters. The molecule has 3 unspecified atom stereocenters. The lowest BCUT2D eigenvalue weighted by atomic mass is 10.0. The Morgan fingerprint density at radius 1 is 0.677 bits per heavy atom. The van der Waals surface area contributed by atoms with E-state index in [1.54, 1.807) is 20.8 Å². The van der Waals surface area contributed by atoms with Gasteiger partial charge in [-0.1, -0.05) is 46.3 Å². The van der Waals surface area contributed by atoms with E-state index in [1.807, 2.05) is 0 Å². The third-order valence-corrected chi connectivity index (χ3v) is 6.25. The Hall–Kier alpha value is -1.89. The number of aliphatic carboxylic acids is 3. The second-order valence-corrected chi connectivity index (χ2v) is 9.08. The molecule has 0 saturated heterocycles. The molecule has 3 N–H and O–H groups in total. The van der Waals surface area contributed by atoms with Crippen molar-refractivity contribution >= 4 is 17.9 Å². The van der Waals surface area contributed by atoms with Crippen molar-refractivity contribution in [2.45, 2.75) is 79.1 Å². The van der Waals surface area contributed by atoms with E-state index in [1.165, 1.54) is 0 Å². The first-order valence-electron chi connectivity index (χ1n) is 11.7. The zero-order valence-corrected chi connectivity index (χ0v) is 19.9. The molecule has 0 aliphatic rings. The molecule has 0 aromatic rings. The molecule has 0 amide bonds. The van der Waals surface area contributed by atoms with Gasteiger partial charge in [-0.25, -0.2) is 0 Å². The first kappa shape index (κ1) is 29.1. The highest BCUT2D eigenvalue weighted by molar-refractivity contribution is 5.70. The normalized spacial score (nSPS) is 16.5. The van der Waals surface area contributed by atoms with Gasteiger partial charge in [0, 0.05) is 19.3 Å². The van der Waals surface area contributed by atoms with Crippen LogP contribution in [0, 0.1) is 17.8 Å². The molecule has 0 bridgehead atoms. The Kier molecular flexibility index (Phi) is 14.9. The minimum absolute atomic E-state index is 0.483.